The summed E-state index contributed by atoms with van der Waals surface area (Å²) < 4.78 is 76.7. The van der Waals surface area contributed by atoms with Crippen molar-refractivity contribution in [2.45, 2.75) is 113 Å². The lowest BCUT2D eigenvalue weighted by atomic mass is 9.79. The highest BCUT2D eigenvalue weighted by Crippen LogP contribution is 2.52. The first-order valence-electron chi connectivity index (χ1n) is 18.6. The Labute approximate surface area is 327 Å². The quantitative estimate of drug-likeness (QED) is 0.0723. The van der Waals surface area contributed by atoms with E-state index >= 15 is 0 Å². The van der Waals surface area contributed by atoms with Crippen molar-refractivity contribution in [2.75, 3.05) is 18.4 Å². The van der Waals surface area contributed by atoms with Gasteiger partial charge in [-0.25, -0.2) is 17.9 Å². The Hall–Kier alpha value is -4.75. The van der Waals surface area contributed by atoms with Crippen LogP contribution in [0.2, 0.25) is 0 Å². The number of nitrogens with one attached hydrogen (secondary N) is 3. The van der Waals surface area contributed by atoms with Crippen LogP contribution in [0.15, 0.2) is 51.2 Å². The van der Waals surface area contributed by atoms with Crippen LogP contribution in [0.3, 0.4) is 0 Å². The first-order chi connectivity index (χ1) is 26.2. The van der Waals surface area contributed by atoms with Crippen molar-refractivity contribution in [1.29, 1.82) is 0 Å². The summed E-state index contributed by atoms with van der Waals surface area (Å²) in [6.07, 6.45) is 8.07. The van der Waals surface area contributed by atoms with Gasteiger partial charge in [0.1, 0.15) is 4.90 Å². The molecule has 0 bridgehead atoms. The Morgan fingerprint density at radius 2 is 1.66 bits per heavy atom. The SMILES string of the molecule is C#CCNC(=O)CCCCCNS(=O)(=O)c1c2c(cc3c1Oc1c(S(=O)(=O)O)c4c(cc1=C3c1ccccc1C(=O)O)C(C)CC(C)(C)N=4)C(C)CC(C)(C)N2. The number of rotatable bonds is 12. The molecule has 1 amide bonds. The van der Waals surface area contributed by atoms with Crippen molar-refractivity contribution in [2.24, 2.45) is 4.99 Å². The number of fused-ring (bicyclic) bond motifs is 4. The van der Waals surface area contributed by atoms with Crippen molar-refractivity contribution in [3.05, 3.63) is 74.8 Å². The summed E-state index contributed by atoms with van der Waals surface area (Å²) >= 11 is 0. The van der Waals surface area contributed by atoms with E-state index in [1.54, 1.807) is 30.3 Å². The lowest BCUT2D eigenvalue weighted by Crippen LogP contribution is -2.39. The standard InChI is InChI=1S/C41H48N4O9S2/c1-8-17-42-31(46)16-10-9-13-18-43-55(49,50)37-33-27(23(2)21-40(4,5)44-33)19-29-32(25-14-11-12-15-26(25)39(47)48)30-20-28-24(3)22-41(6,7)45-34(28)38(56(51,52)53)36(30)54-35(29)37/h1,11-12,14-15,19-20,23-24,43-44H,9-10,13,16-18,21-22H2,2-7H3,(H,42,46)(H,47,48)(H,51,52,53). The molecule has 3 aromatic carbocycles. The van der Waals surface area contributed by atoms with Crippen LogP contribution in [0.1, 0.15) is 125 Å². The van der Waals surface area contributed by atoms with E-state index in [4.69, 9.17) is 16.2 Å². The maximum absolute atomic E-state index is 14.7. The fourth-order valence-electron chi connectivity index (χ4n) is 8.39. The molecule has 2 unspecified atom stereocenters. The maximum Gasteiger partial charge on any atom is 0.336 e. The molecule has 0 radical (unpaired) electrons. The third-order valence-corrected chi connectivity index (χ3v) is 12.9. The Balaban J connectivity index is 1.64. The number of aromatic carboxylic acids is 1. The van der Waals surface area contributed by atoms with Crippen LogP contribution in [0.5, 0.6) is 11.5 Å². The molecule has 298 valence electrons. The molecule has 3 aliphatic rings. The molecule has 5 N–H and O–H groups in total. The van der Waals surface area contributed by atoms with E-state index in [1.165, 1.54) is 6.07 Å². The number of carboxylic acid groups (broad SMARTS) is 1. The van der Waals surface area contributed by atoms with E-state index in [0.717, 1.165) is 0 Å². The van der Waals surface area contributed by atoms with Gasteiger partial charge in [-0.3, -0.25) is 14.3 Å². The molecule has 0 spiro atoms. The number of benzene rings is 3. The minimum Gasteiger partial charge on any atom is -0.478 e. The Morgan fingerprint density at radius 3 is 2.34 bits per heavy atom. The van der Waals surface area contributed by atoms with Crippen molar-refractivity contribution in [3.63, 3.8) is 0 Å². The Kier molecular flexibility index (Phi) is 10.9. The molecule has 0 fully saturated rings. The van der Waals surface area contributed by atoms with Gasteiger partial charge in [0.15, 0.2) is 16.4 Å². The van der Waals surface area contributed by atoms with E-state index in [1.807, 2.05) is 41.5 Å². The number of hydrogen-bond acceptors (Lipinski definition) is 9. The molecular weight excluding hydrogens is 757 g/mol. The van der Waals surface area contributed by atoms with Crippen LogP contribution < -0.4 is 30.7 Å². The molecule has 3 aliphatic heterocycles. The van der Waals surface area contributed by atoms with E-state index < -0.39 is 42.1 Å². The molecule has 3 aromatic rings. The zero-order valence-corrected chi connectivity index (χ0v) is 34.0. The van der Waals surface area contributed by atoms with Gasteiger partial charge in [0.05, 0.1) is 28.7 Å². The summed E-state index contributed by atoms with van der Waals surface area (Å²) in [5.74, 6) is -0.0809. The van der Waals surface area contributed by atoms with Crippen molar-refractivity contribution < 1.29 is 40.8 Å². The first kappa shape index (κ1) is 40.9. The highest BCUT2D eigenvalue weighted by atomic mass is 32.2. The molecule has 0 saturated heterocycles. The van der Waals surface area contributed by atoms with Gasteiger partial charge in [0.25, 0.3) is 10.1 Å². The van der Waals surface area contributed by atoms with E-state index in [2.05, 4.69) is 21.3 Å². The lowest BCUT2D eigenvalue weighted by Gasteiger charge is -2.40. The molecule has 15 heteroatoms. The highest BCUT2D eigenvalue weighted by Gasteiger charge is 2.42. The average molecular weight is 805 g/mol. The number of carboxylic acids is 1. The normalized spacial score (nSPS) is 19.1. The molecule has 0 aromatic heterocycles. The second kappa shape index (κ2) is 15.0. The van der Waals surface area contributed by atoms with Crippen molar-refractivity contribution >= 4 is 43.3 Å². The number of carbonyl (C=O) groups is 2. The number of terminal acetylenes is 1. The first-order valence-corrected chi connectivity index (χ1v) is 21.6. The van der Waals surface area contributed by atoms with E-state index in [-0.39, 0.29) is 92.2 Å². The summed E-state index contributed by atoms with van der Waals surface area (Å²) in [5.41, 5.74) is 0.733. The summed E-state index contributed by atoms with van der Waals surface area (Å²) in [4.78, 5) is 28.6. The van der Waals surface area contributed by atoms with Gasteiger partial charge in [-0.15, -0.1) is 6.42 Å². The average Bonchev–Trinajstić information content (AvgIpc) is 3.08. The predicted octanol–water partition coefficient (Wildman–Crippen LogP) is 5.18. The summed E-state index contributed by atoms with van der Waals surface area (Å²) in [7, 11) is -9.55. The molecule has 3 heterocycles. The van der Waals surface area contributed by atoms with E-state index in [0.29, 0.717) is 43.2 Å². The minimum absolute atomic E-state index is 0.00524. The molecule has 56 heavy (non-hydrogen) atoms. The number of anilines is 1. The van der Waals surface area contributed by atoms with Gasteiger partial charge >= 0.3 is 5.97 Å². The maximum atomic E-state index is 14.7. The Morgan fingerprint density at radius 1 is 0.964 bits per heavy atom. The van der Waals surface area contributed by atoms with Crippen molar-refractivity contribution in [3.8, 4) is 23.8 Å². The topological polar surface area (TPSA) is 201 Å². The second-order valence-corrected chi connectivity index (χ2v) is 19.3. The van der Waals surface area contributed by atoms with Crippen LogP contribution in [-0.4, -0.2) is 62.5 Å². The molecule has 13 nitrogen and oxygen atoms in total. The van der Waals surface area contributed by atoms with Crippen molar-refractivity contribution in [1.82, 2.24) is 10.0 Å². The number of unbranched alkanes of at least 4 members (excludes halogenated alkanes) is 2. The molecular formula is C41H48N4O9S2. The van der Waals surface area contributed by atoms with E-state index in [9.17, 15) is 36.1 Å². The van der Waals surface area contributed by atoms with Gasteiger partial charge in [0.2, 0.25) is 15.9 Å². The number of sulfonamides is 1. The molecule has 0 saturated carbocycles. The molecule has 2 atom stereocenters. The monoisotopic (exact) mass is 804 g/mol. The zero-order valence-electron chi connectivity index (χ0n) is 32.4. The highest BCUT2D eigenvalue weighted by molar-refractivity contribution is 7.89. The van der Waals surface area contributed by atoms with Gasteiger partial charge in [-0.2, -0.15) is 8.42 Å². The number of ether oxygens (including phenoxy) is 1. The molecule has 0 aliphatic carbocycles. The smallest absolute Gasteiger partial charge is 0.336 e. The number of hydrogen-bond donors (Lipinski definition) is 5. The third-order valence-electron chi connectivity index (χ3n) is 10.5. The second-order valence-electron chi connectivity index (χ2n) is 16.2. The number of nitrogens with zero attached hydrogens (tertiary/aromatic N) is 1. The summed E-state index contributed by atoms with van der Waals surface area (Å²) in [6, 6.07) is 9.75. The van der Waals surface area contributed by atoms with Gasteiger partial charge < -0.3 is 20.5 Å². The lowest BCUT2D eigenvalue weighted by molar-refractivity contribution is -0.120. The number of amides is 1. The van der Waals surface area contributed by atoms with Gasteiger partial charge in [-0.05, 0) is 100 Å². The van der Waals surface area contributed by atoms with Crippen LogP contribution in [0.25, 0.3) is 5.57 Å². The fourth-order valence-corrected chi connectivity index (χ4v) is 10.6. The van der Waals surface area contributed by atoms with Gasteiger partial charge in [0, 0.05) is 34.9 Å². The van der Waals surface area contributed by atoms with Crippen LogP contribution in [0, 0.1) is 12.3 Å². The molecule has 6 rings (SSSR count). The largest absolute Gasteiger partial charge is 0.478 e. The summed E-state index contributed by atoms with van der Waals surface area (Å²) in [5, 5.41) is 16.6. The minimum atomic E-state index is -5.09. The fraction of sp³-hybridized carbons (Fsp3) is 0.439. The zero-order chi connectivity index (χ0) is 41.0. The predicted molar refractivity (Wildman–Crippen MR) is 212 cm³/mol. The Bertz CT molecular complexity index is 2540. The summed E-state index contributed by atoms with van der Waals surface area (Å²) in [6.45, 7) is 11.6. The van der Waals surface area contributed by atoms with Gasteiger partial charge in [-0.1, -0.05) is 44.4 Å². The van der Waals surface area contributed by atoms with Crippen LogP contribution in [-0.2, 0) is 24.9 Å². The van der Waals surface area contributed by atoms with Crippen LogP contribution in [0.4, 0.5) is 5.69 Å². The number of carbonyl (C=O) groups excluding carboxylic acids is 1. The third kappa shape index (κ3) is 7.93. The van der Waals surface area contributed by atoms with Crippen LogP contribution >= 0.6 is 0 Å².